The second-order valence-corrected chi connectivity index (χ2v) is 8.03. The fraction of sp³-hybridized carbons (Fsp3) is 0.462. The highest BCUT2D eigenvalue weighted by Crippen LogP contribution is 2.25. The third kappa shape index (κ3) is 4.96. The normalized spacial score (nSPS) is 13.3. The first-order chi connectivity index (χ1) is 9.11. The minimum atomic E-state index is -3.98. The summed E-state index contributed by atoms with van der Waals surface area (Å²) in [4.78, 5) is 11.8. The molecule has 0 fully saturated rings. The molecule has 1 N–H and O–H groups in total. The summed E-state index contributed by atoms with van der Waals surface area (Å²) in [5, 5.41) is 2.80. The van der Waals surface area contributed by atoms with Gasteiger partial charge in [0.25, 0.3) is 15.0 Å². The lowest BCUT2D eigenvalue weighted by atomic mass is 10.0. The third-order valence-electron chi connectivity index (χ3n) is 2.66. The summed E-state index contributed by atoms with van der Waals surface area (Å²) in [7, 11) is 1.29. The minimum Gasteiger partial charge on any atom is -0.350 e. The number of rotatable bonds is 5. The largest absolute Gasteiger partial charge is 0.350 e. The molecule has 0 aliphatic heterocycles. The van der Waals surface area contributed by atoms with Crippen LogP contribution in [0.25, 0.3) is 0 Å². The number of amides is 1. The summed E-state index contributed by atoms with van der Waals surface area (Å²) in [5.74, 6) is 0.102. The molecule has 20 heavy (non-hydrogen) atoms. The third-order valence-corrected chi connectivity index (χ3v) is 4.46. The van der Waals surface area contributed by atoms with Crippen LogP contribution in [0.15, 0.2) is 23.1 Å². The highest BCUT2D eigenvalue weighted by Gasteiger charge is 2.18. The lowest BCUT2D eigenvalue weighted by molar-refractivity contribution is 0.0936. The summed E-state index contributed by atoms with van der Waals surface area (Å²) in [5.41, 5.74) is 0.212. The molecule has 4 nitrogen and oxygen atoms in total. The van der Waals surface area contributed by atoms with Crippen LogP contribution in [-0.4, -0.2) is 20.4 Å². The first-order valence-electron chi connectivity index (χ1n) is 6.16. The van der Waals surface area contributed by atoms with Crippen molar-refractivity contribution < 1.29 is 13.2 Å². The van der Waals surface area contributed by atoms with E-state index in [9.17, 15) is 13.2 Å². The molecule has 112 valence electrons. The van der Waals surface area contributed by atoms with E-state index in [4.69, 9.17) is 22.3 Å². The van der Waals surface area contributed by atoms with Gasteiger partial charge >= 0.3 is 0 Å². The SMILES string of the molecule is CC(C)CC(C)NC(=O)c1ccc(Cl)c(S(=O)(=O)Cl)c1. The maximum atomic E-state index is 12.0. The summed E-state index contributed by atoms with van der Waals surface area (Å²) >= 11 is 5.76. The van der Waals surface area contributed by atoms with Gasteiger partial charge in [0.05, 0.1) is 5.02 Å². The standard InChI is InChI=1S/C13H17Cl2NO3S/c1-8(2)6-9(3)16-13(17)10-4-5-11(14)12(7-10)20(15,18)19/h4-5,7-9H,6H2,1-3H3,(H,16,17). The molecule has 1 unspecified atom stereocenters. The Morgan fingerprint density at radius 2 is 1.90 bits per heavy atom. The van der Waals surface area contributed by atoms with Crippen LogP contribution in [0.1, 0.15) is 37.6 Å². The van der Waals surface area contributed by atoms with Gasteiger partial charge < -0.3 is 5.32 Å². The minimum absolute atomic E-state index is 0.00534. The van der Waals surface area contributed by atoms with Crippen molar-refractivity contribution in [1.29, 1.82) is 0 Å². The maximum absolute atomic E-state index is 12.0. The Labute approximate surface area is 128 Å². The van der Waals surface area contributed by atoms with Crippen molar-refractivity contribution in [2.24, 2.45) is 5.92 Å². The molecule has 1 atom stereocenters. The Hall–Kier alpha value is -0.780. The Morgan fingerprint density at radius 3 is 2.40 bits per heavy atom. The van der Waals surface area contributed by atoms with Gasteiger partial charge in [0.1, 0.15) is 4.90 Å². The molecular formula is C13H17Cl2NO3S. The predicted octanol–water partition coefficient (Wildman–Crippen LogP) is 3.43. The highest BCUT2D eigenvalue weighted by molar-refractivity contribution is 8.13. The zero-order chi connectivity index (χ0) is 15.5. The van der Waals surface area contributed by atoms with E-state index in [1.165, 1.54) is 18.2 Å². The quantitative estimate of drug-likeness (QED) is 0.837. The van der Waals surface area contributed by atoms with Crippen molar-refractivity contribution in [3.8, 4) is 0 Å². The van der Waals surface area contributed by atoms with E-state index in [-0.39, 0.29) is 27.4 Å². The van der Waals surface area contributed by atoms with Crippen LogP contribution in [0.4, 0.5) is 0 Å². The maximum Gasteiger partial charge on any atom is 0.262 e. The van der Waals surface area contributed by atoms with Gasteiger partial charge in [-0.25, -0.2) is 8.42 Å². The molecule has 0 aromatic heterocycles. The number of nitrogens with one attached hydrogen (secondary N) is 1. The highest BCUT2D eigenvalue weighted by atomic mass is 35.7. The van der Waals surface area contributed by atoms with Gasteiger partial charge in [-0.3, -0.25) is 4.79 Å². The fourth-order valence-corrected chi connectivity index (χ4v) is 3.40. The van der Waals surface area contributed by atoms with Crippen LogP contribution in [0.3, 0.4) is 0 Å². The molecule has 1 amide bonds. The zero-order valence-electron chi connectivity index (χ0n) is 11.5. The first-order valence-corrected chi connectivity index (χ1v) is 8.85. The van der Waals surface area contributed by atoms with Crippen molar-refractivity contribution in [2.75, 3.05) is 0 Å². The Kier molecular flexibility index (Phi) is 5.86. The van der Waals surface area contributed by atoms with Gasteiger partial charge in [0, 0.05) is 22.3 Å². The number of hydrogen-bond donors (Lipinski definition) is 1. The molecule has 0 aliphatic rings. The van der Waals surface area contributed by atoms with Gasteiger partial charge in [-0.2, -0.15) is 0 Å². The van der Waals surface area contributed by atoms with Crippen LogP contribution in [0.2, 0.25) is 5.02 Å². The predicted molar refractivity (Wildman–Crippen MR) is 80.9 cm³/mol. The van der Waals surface area contributed by atoms with Crippen LogP contribution in [0, 0.1) is 5.92 Å². The summed E-state index contributed by atoms with van der Waals surface area (Å²) in [6.45, 7) is 6.01. The van der Waals surface area contributed by atoms with Crippen molar-refractivity contribution >= 4 is 37.2 Å². The van der Waals surface area contributed by atoms with Gasteiger partial charge in [0.15, 0.2) is 0 Å². The fourth-order valence-electron chi connectivity index (χ4n) is 1.90. The zero-order valence-corrected chi connectivity index (χ0v) is 13.8. The number of hydrogen-bond acceptors (Lipinski definition) is 3. The Bertz CT molecular complexity index is 600. The molecule has 1 aromatic rings. The average molecular weight is 338 g/mol. The van der Waals surface area contributed by atoms with E-state index in [0.717, 1.165) is 6.42 Å². The van der Waals surface area contributed by atoms with Crippen LogP contribution in [0.5, 0.6) is 0 Å². The molecule has 0 spiro atoms. The molecular weight excluding hydrogens is 321 g/mol. The van der Waals surface area contributed by atoms with Crippen LogP contribution in [-0.2, 0) is 9.05 Å². The van der Waals surface area contributed by atoms with E-state index in [1.54, 1.807) is 0 Å². The van der Waals surface area contributed by atoms with E-state index >= 15 is 0 Å². The second kappa shape index (κ2) is 6.78. The van der Waals surface area contributed by atoms with Crippen molar-refractivity contribution in [1.82, 2.24) is 5.32 Å². The lowest BCUT2D eigenvalue weighted by Gasteiger charge is -2.16. The number of carbonyl (C=O) groups excluding carboxylic acids is 1. The van der Waals surface area contributed by atoms with Gasteiger partial charge in [0.2, 0.25) is 0 Å². The summed E-state index contributed by atoms with van der Waals surface area (Å²) < 4.78 is 22.7. The van der Waals surface area contributed by atoms with Gasteiger partial charge in [-0.1, -0.05) is 25.4 Å². The van der Waals surface area contributed by atoms with E-state index < -0.39 is 9.05 Å². The van der Waals surface area contributed by atoms with Crippen LogP contribution >= 0.6 is 22.3 Å². The number of carbonyl (C=O) groups is 1. The van der Waals surface area contributed by atoms with Crippen LogP contribution < -0.4 is 5.32 Å². The molecule has 0 saturated heterocycles. The molecule has 0 saturated carbocycles. The lowest BCUT2D eigenvalue weighted by Crippen LogP contribution is -2.33. The summed E-state index contributed by atoms with van der Waals surface area (Å²) in [6, 6.07) is 3.99. The van der Waals surface area contributed by atoms with Crippen molar-refractivity contribution in [3.05, 3.63) is 28.8 Å². The molecule has 0 heterocycles. The van der Waals surface area contributed by atoms with E-state index in [2.05, 4.69) is 19.2 Å². The molecule has 0 bridgehead atoms. The molecule has 1 aromatic carbocycles. The number of benzene rings is 1. The molecule has 0 radical (unpaired) electrons. The second-order valence-electron chi connectivity index (χ2n) is 5.09. The Morgan fingerprint density at radius 1 is 1.30 bits per heavy atom. The monoisotopic (exact) mass is 337 g/mol. The Balaban J connectivity index is 2.95. The van der Waals surface area contributed by atoms with Crippen molar-refractivity contribution in [2.45, 2.75) is 38.1 Å². The smallest absolute Gasteiger partial charge is 0.262 e. The number of halogens is 2. The molecule has 7 heteroatoms. The molecule has 0 aliphatic carbocycles. The van der Waals surface area contributed by atoms with Crippen molar-refractivity contribution in [3.63, 3.8) is 0 Å². The van der Waals surface area contributed by atoms with E-state index in [1.807, 2.05) is 6.92 Å². The van der Waals surface area contributed by atoms with Gasteiger partial charge in [-0.05, 0) is 37.5 Å². The molecule has 1 rings (SSSR count). The van der Waals surface area contributed by atoms with E-state index in [0.29, 0.717) is 5.92 Å². The van der Waals surface area contributed by atoms with Gasteiger partial charge in [-0.15, -0.1) is 0 Å². The average Bonchev–Trinajstić information content (AvgIpc) is 2.26. The topological polar surface area (TPSA) is 63.2 Å². The summed E-state index contributed by atoms with van der Waals surface area (Å²) in [6.07, 6.45) is 0.833. The first kappa shape index (κ1) is 17.3.